The standard InChI is InChI=1S/C11H15NO3S/c13-8-11(9-4-2-1-3-5-9)12-16(14,15)10-6-7-10/h1-5,10-13H,6-8H2. The quantitative estimate of drug-likeness (QED) is 0.801. The molecule has 1 saturated carbocycles. The maximum Gasteiger partial charge on any atom is 0.215 e. The van der Waals surface area contributed by atoms with Crippen LogP contribution in [0.5, 0.6) is 0 Å². The van der Waals surface area contributed by atoms with Crippen LogP contribution in [0.25, 0.3) is 0 Å². The molecule has 1 aliphatic rings. The van der Waals surface area contributed by atoms with Crippen molar-refractivity contribution in [1.29, 1.82) is 0 Å². The van der Waals surface area contributed by atoms with Crippen LogP contribution in [0, 0.1) is 0 Å². The Bertz CT molecular complexity index is 440. The molecule has 16 heavy (non-hydrogen) atoms. The van der Waals surface area contributed by atoms with Gasteiger partial charge in [-0.25, -0.2) is 13.1 Å². The maximum atomic E-state index is 11.7. The van der Waals surface area contributed by atoms with Gasteiger partial charge in [0.05, 0.1) is 17.9 Å². The van der Waals surface area contributed by atoms with E-state index in [0.29, 0.717) is 0 Å². The first kappa shape index (κ1) is 11.6. The van der Waals surface area contributed by atoms with Crippen LogP contribution in [0.4, 0.5) is 0 Å². The molecule has 0 radical (unpaired) electrons. The normalized spacial score (nSPS) is 18.3. The molecule has 1 aliphatic carbocycles. The summed E-state index contributed by atoms with van der Waals surface area (Å²) in [6.45, 7) is -0.226. The average molecular weight is 241 g/mol. The van der Waals surface area contributed by atoms with Crippen LogP contribution in [-0.4, -0.2) is 25.4 Å². The number of hydrogen-bond acceptors (Lipinski definition) is 3. The van der Waals surface area contributed by atoms with E-state index in [-0.39, 0.29) is 11.9 Å². The molecule has 2 N–H and O–H groups in total. The fourth-order valence-electron chi connectivity index (χ4n) is 1.57. The summed E-state index contributed by atoms with van der Waals surface area (Å²) in [4.78, 5) is 0. The van der Waals surface area contributed by atoms with Crippen LogP contribution in [0.1, 0.15) is 24.4 Å². The largest absolute Gasteiger partial charge is 0.394 e. The van der Waals surface area contributed by atoms with Gasteiger partial charge in [0, 0.05) is 0 Å². The lowest BCUT2D eigenvalue weighted by atomic mass is 10.1. The number of hydrogen-bond donors (Lipinski definition) is 2. The van der Waals surface area contributed by atoms with E-state index in [4.69, 9.17) is 0 Å². The van der Waals surface area contributed by atoms with Gasteiger partial charge in [-0.1, -0.05) is 30.3 Å². The van der Waals surface area contributed by atoms with Gasteiger partial charge in [0.25, 0.3) is 0 Å². The molecule has 0 heterocycles. The van der Waals surface area contributed by atoms with Crippen molar-refractivity contribution >= 4 is 10.0 Å². The van der Waals surface area contributed by atoms with Crippen molar-refractivity contribution in [3.05, 3.63) is 35.9 Å². The molecule has 0 aliphatic heterocycles. The SMILES string of the molecule is O=S(=O)(NC(CO)c1ccccc1)C1CC1. The Morgan fingerprint density at radius 2 is 1.94 bits per heavy atom. The lowest BCUT2D eigenvalue weighted by Gasteiger charge is -2.16. The lowest BCUT2D eigenvalue weighted by molar-refractivity contribution is 0.259. The Labute approximate surface area is 95.4 Å². The van der Waals surface area contributed by atoms with Gasteiger partial charge in [-0.2, -0.15) is 0 Å². The van der Waals surface area contributed by atoms with Gasteiger partial charge in [0.1, 0.15) is 0 Å². The second-order valence-corrected chi connectivity index (χ2v) is 6.00. The molecule has 0 spiro atoms. The predicted octanol–water partition coefficient (Wildman–Crippen LogP) is 0.802. The van der Waals surface area contributed by atoms with Gasteiger partial charge in [0.2, 0.25) is 10.0 Å². The van der Waals surface area contributed by atoms with Crippen molar-refractivity contribution in [2.75, 3.05) is 6.61 Å². The van der Waals surface area contributed by atoms with Gasteiger partial charge in [-0.05, 0) is 18.4 Å². The van der Waals surface area contributed by atoms with Crippen LogP contribution < -0.4 is 4.72 Å². The van der Waals surface area contributed by atoms with Gasteiger partial charge in [0.15, 0.2) is 0 Å². The maximum absolute atomic E-state index is 11.7. The molecule has 0 bridgehead atoms. The zero-order valence-corrected chi connectivity index (χ0v) is 9.65. The summed E-state index contributed by atoms with van der Waals surface area (Å²) in [7, 11) is -3.26. The topological polar surface area (TPSA) is 66.4 Å². The monoisotopic (exact) mass is 241 g/mol. The zero-order chi connectivity index (χ0) is 11.6. The second-order valence-electron chi connectivity index (χ2n) is 4.01. The second kappa shape index (κ2) is 4.53. The Morgan fingerprint density at radius 3 is 2.44 bits per heavy atom. The summed E-state index contributed by atoms with van der Waals surface area (Å²) in [6, 6.07) is 8.57. The fourth-order valence-corrected chi connectivity index (χ4v) is 3.13. The van der Waals surface area contributed by atoms with E-state index in [1.165, 1.54) is 0 Å². The highest BCUT2D eigenvalue weighted by molar-refractivity contribution is 7.90. The third kappa shape index (κ3) is 2.61. The summed E-state index contributed by atoms with van der Waals surface area (Å²) < 4.78 is 26.0. The van der Waals surface area contributed by atoms with E-state index in [9.17, 15) is 13.5 Å². The van der Waals surface area contributed by atoms with Crippen molar-refractivity contribution in [1.82, 2.24) is 4.72 Å². The molecule has 88 valence electrons. The Morgan fingerprint density at radius 1 is 1.31 bits per heavy atom. The molecule has 1 aromatic carbocycles. The summed E-state index contributed by atoms with van der Waals surface area (Å²) in [5, 5.41) is 8.96. The van der Waals surface area contributed by atoms with Crippen molar-refractivity contribution in [2.45, 2.75) is 24.1 Å². The van der Waals surface area contributed by atoms with Crippen LogP contribution in [0.3, 0.4) is 0 Å². The van der Waals surface area contributed by atoms with E-state index in [0.717, 1.165) is 18.4 Å². The molecular weight excluding hydrogens is 226 g/mol. The van der Waals surface area contributed by atoms with Gasteiger partial charge in [-0.3, -0.25) is 0 Å². The summed E-state index contributed by atoms with van der Waals surface area (Å²) >= 11 is 0. The summed E-state index contributed by atoms with van der Waals surface area (Å²) in [5.41, 5.74) is 0.786. The van der Waals surface area contributed by atoms with Crippen molar-refractivity contribution < 1.29 is 13.5 Å². The van der Waals surface area contributed by atoms with Crippen molar-refractivity contribution in [3.8, 4) is 0 Å². The van der Waals surface area contributed by atoms with E-state index in [1.807, 2.05) is 18.2 Å². The van der Waals surface area contributed by atoms with Crippen LogP contribution in [0.15, 0.2) is 30.3 Å². The van der Waals surface area contributed by atoms with Gasteiger partial charge < -0.3 is 5.11 Å². The molecule has 2 rings (SSSR count). The van der Waals surface area contributed by atoms with Crippen LogP contribution >= 0.6 is 0 Å². The first-order chi connectivity index (χ1) is 7.63. The molecular formula is C11H15NO3S. The molecule has 1 atom stereocenters. The number of aliphatic hydroxyl groups excluding tert-OH is 1. The van der Waals surface area contributed by atoms with E-state index in [2.05, 4.69) is 4.72 Å². The minimum absolute atomic E-state index is 0.226. The highest BCUT2D eigenvalue weighted by Crippen LogP contribution is 2.29. The Balaban J connectivity index is 2.12. The van der Waals surface area contributed by atoms with Crippen LogP contribution in [-0.2, 0) is 10.0 Å². The summed E-state index contributed by atoms with van der Waals surface area (Å²) in [5.74, 6) is 0. The molecule has 1 unspecified atom stereocenters. The summed E-state index contributed by atoms with van der Waals surface area (Å²) in [6.07, 6.45) is 1.45. The number of sulfonamides is 1. The molecule has 5 heteroatoms. The average Bonchev–Trinajstić information content (AvgIpc) is 3.11. The van der Waals surface area contributed by atoms with Crippen LogP contribution in [0.2, 0.25) is 0 Å². The van der Waals surface area contributed by atoms with E-state index < -0.39 is 16.1 Å². The first-order valence-corrected chi connectivity index (χ1v) is 6.85. The molecule has 1 fully saturated rings. The smallest absolute Gasteiger partial charge is 0.215 e. The molecule has 0 amide bonds. The number of nitrogens with one attached hydrogen (secondary N) is 1. The highest BCUT2D eigenvalue weighted by atomic mass is 32.2. The number of rotatable bonds is 5. The lowest BCUT2D eigenvalue weighted by Crippen LogP contribution is -2.33. The predicted molar refractivity (Wildman–Crippen MR) is 61.3 cm³/mol. The fraction of sp³-hybridized carbons (Fsp3) is 0.455. The number of benzene rings is 1. The zero-order valence-electron chi connectivity index (χ0n) is 8.83. The number of aliphatic hydroxyl groups is 1. The van der Waals surface area contributed by atoms with Gasteiger partial charge >= 0.3 is 0 Å². The van der Waals surface area contributed by atoms with E-state index >= 15 is 0 Å². The Hall–Kier alpha value is -0.910. The first-order valence-electron chi connectivity index (χ1n) is 5.30. The van der Waals surface area contributed by atoms with Crippen molar-refractivity contribution in [2.24, 2.45) is 0 Å². The third-order valence-corrected chi connectivity index (χ3v) is 4.62. The molecule has 1 aromatic rings. The Kier molecular flexibility index (Phi) is 3.28. The van der Waals surface area contributed by atoms with Gasteiger partial charge in [-0.15, -0.1) is 0 Å². The highest BCUT2D eigenvalue weighted by Gasteiger charge is 2.37. The van der Waals surface area contributed by atoms with E-state index in [1.54, 1.807) is 12.1 Å². The van der Waals surface area contributed by atoms with Crippen molar-refractivity contribution in [3.63, 3.8) is 0 Å². The molecule has 4 nitrogen and oxygen atoms in total. The minimum Gasteiger partial charge on any atom is -0.394 e. The molecule has 0 saturated heterocycles. The minimum atomic E-state index is -3.26. The molecule has 0 aromatic heterocycles. The third-order valence-electron chi connectivity index (χ3n) is 2.65.